The SMILES string of the molecule is Cn1c(C(F)(F)CC(=O)O)cc2ccccc21. The van der Waals surface area contributed by atoms with E-state index in [2.05, 4.69) is 0 Å². The number of carboxylic acid groups (broad SMARTS) is 1. The van der Waals surface area contributed by atoms with Crippen molar-refractivity contribution < 1.29 is 18.7 Å². The maximum atomic E-state index is 13.7. The molecule has 3 nitrogen and oxygen atoms in total. The highest BCUT2D eigenvalue weighted by atomic mass is 19.3. The second-order valence-corrected chi connectivity index (χ2v) is 3.92. The molecular formula is C12H11F2NO2. The molecular weight excluding hydrogens is 228 g/mol. The third kappa shape index (κ3) is 2.00. The van der Waals surface area contributed by atoms with Gasteiger partial charge in [-0.25, -0.2) is 0 Å². The van der Waals surface area contributed by atoms with Crippen LogP contribution in [0.25, 0.3) is 10.9 Å². The van der Waals surface area contributed by atoms with Gasteiger partial charge in [-0.2, -0.15) is 8.78 Å². The molecule has 0 saturated heterocycles. The van der Waals surface area contributed by atoms with Crippen molar-refractivity contribution >= 4 is 16.9 Å². The summed E-state index contributed by atoms with van der Waals surface area (Å²) in [4.78, 5) is 10.4. The maximum absolute atomic E-state index is 13.7. The average Bonchev–Trinajstić information content (AvgIpc) is 2.56. The second-order valence-electron chi connectivity index (χ2n) is 3.92. The van der Waals surface area contributed by atoms with Gasteiger partial charge in [0.2, 0.25) is 0 Å². The van der Waals surface area contributed by atoms with Gasteiger partial charge < -0.3 is 9.67 Å². The molecule has 0 aliphatic carbocycles. The molecule has 0 aliphatic heterocycles. The van der Waals surface area contributed by atoms with Crippen molar-refractivity contribution in [3.8, 4) is 0 Å². The van der Waals surface area contributed by atoms with Gasteiger partial charge >= 0.3 is 5.97 Å². The van der Waals surface area contributed by atoms with Crippen LogP contribution in [0.2, 0.25) is 0 Å². The minimum atomic E-state index is -3.36. The Labute approximate surface area is 96.3 Å². The summed E-state index contributed by atoms with van der Waals surface area (Å²) < 4.78 is 28.7. The highest BCUT2D eigenvalue weighted by molar-refractivity contribution is 5.81. The second kappa shape index (κ2) is 3.84. The van der Waals surface area contributed by atoms with Gasteiger partial charge in [0.25, 0.3) is 5.92 Å². The zero-order valence-electron chi connectivity index (χ0n) is 9.15. The molecule has 17 heavy (non-hydrogen) atoms. The third-order valence-corrected chi connectivity index (χ3v) is 2.70. The summed E-state index contributed by atoms with van der Waals surface area (Å²) >= 11 is 0. The number of carbonyl (C=O) groups is 1. The van der Waals surface area contributed by atoms with E-state index in [1.807, 2.05) is 0 Å². The van der Waals surface area contributed by atoms with Crippen LogP contribution < -0.4 is 0 Å². The van der Waals surface area contributed by atoms with Crippen LogP contribution in [-0.4, -0.2) is 15.6 Å². The first kappa shape index (κ1) is 11.6. The molecule has 0 amide bonds. The van der Waals surface area contributed by atoms with Crippen LogP contribution in [0.15, 0.2) is 30.3 Å². The van der Waals surface area contributed by atoms with Gasteiger partial charge in [-0.1, -0.05) is 18.2 Å². The number of nitrogens with zero attached hydrogens (tertiary/aromatic N) is 1. The predicted molar refractivity (Wildman–Crippen MR) is 59.1 cm³/mol. The van der Waals surface area contributed by atoms with Crippen LogP contribution in [0.5, 0.6) is 0 Å². The topological polar surface area (TPSA) is 42.2 Å². The van der Waals surface area contributed by atoms with E-state index in [1.54, 1.807) is 24.3 Å². The van der Waals surface area contributed by atoms with Crippen LogP contribution in [0.3, 0.4) is 0 Å². The molecule has 0 unspecified atom stereocenters. The molecule has 0 atom stereocenters. The smallest absolute Gasteiger partial charge is 0.309 e. The Bertz CT molecular complexity index is 575. The normalized spacial score (nSPS) is 11.9. The number of hydrogen-bond donors (Lipinski definition) is 1. The number of carboxylic acids is 1. The van der Waals surface area contributed by atoms with E-state index in [1.165, 1.54) is 17.7 Å². The fraction of sp³-hybridized carbons (Fsp3) is 0.250. The highest BCUT2D eigenvalue weighted by Crippen LogP contribution is 2.34. The maximum Gasteiger partial charge on any atom is 0.309 e. The number of aromatic nitrogens is 1. The van der Waals surface area contributed by atoms with E-state index in [9.17, 15) is 13.6 Å². The molecule has 1 aromatic carbocycles. The molecule has 0 radical (unpaired) electrons. The number of rotatable bonds is 3. The van der Waals surface area contributed by atoms with Gasteiger partial charge in [-0.15, -0.1) is 0 Å². The van der Waals surface area contributed by atoms with Crippen molar-refractivity contribution in [2.45, 2.75) is 12.3 Å². The largest absolute Gasteiger partial charge is 0.481 e. The Hall–Kier alpha value is -1.91. The Morgan fingerprint density at radius 2 is 2.06 bits per heavy atom. The zero-order chi connectivity index (χ0) is 12.6. The Morgan fingerprint density at radius 1 is 1.41 bits per heavy atom. The van der Waals surface area contributed by atoms with Gasteiger partial charge in [0.05, 0.1) is 5.69 Å². The number of alkyl halides is 2. The molecule has 0 fully saturated rings. The molecule has 5 heteroatoms. The summed E-state index contributed by atoms with van der Waals surface area (Å²) in [7, 11) is 1.51. The number of benzene rings is 1. The quantitative estimate of drug-likeness (QED) is 0.894. The molecule has 1 N–H and O–H groups in total. The Kier molecular flexibility index (Phi) is 2.61. The summed E-state index contributed by atoms with van der Waals surface area (Å²) in [5.41, 5.74) is 0.383. The van der Waals surface area contributed by atoms with Crippen molar-refractivity contribution in [1.29, 1.82) is 0 Å². The van der Waals surface area contributed by atoms with E-state index >= 15 is 0 Å². The summed E-state index contributed by atoms with van der Waals surface area (Å²) in [5, 5.41) is 9.16. The number of halogens is 2. The van der Waals surface area contributed by atoms with Crippen molar-refractivity contribution in [3.63, 3.8) is 0 Å². The summed E-state index contributed by atoms with van der Waals surface area (Å²) in [5.74, 6) is -4.88. The van der Waals surface area contributed by atoms with Gasteiger partial charge in [0.15, 0.2) is 0 Å². The first-order valence-corrected chi connectivity index (χ1v) is 5.06. The number of fused-ring (bicyclic) bond motifs is 1. The molecule has 0 bridgehead atoms. The molecule has 2 rings (SSSR count). The molecule has 0 spiro atoms. The molecule has 90 valence electrons. The van der Waals surface area contributed by atoms with Crippen LogP contribution >= 0.6 is 0 Å². The lowest BCUT2D eigenvalue weighted by molar-refractivity contribution is -0.146. The van der Waals surface area contributed by atoms with Gasteiger partial charge in [0.1, 0.15) is 6.42 Å². The van der Waals surface area contributed by atoms with Crippen molar-refractivity contribution in [2.75, 3.05) is 0 Å². The molecule has 0 aliphatic rings. The van der Waals surface area contributed by atoms with E-state index in [0.29, 0.717) is 10.9 Å². The third-order valence-electron chi connectivity index (χ3n) is 2.70. The van der Waals surface area contributed by atoms with Crippen molar-refractivity contribution in [2.24, 2.45) is 7.05 Å². The first-order valence-electron chi connectivity index (χ1n) is 5.06. The summed E-state index contributed by atoms with van der Waals surface area (Å²) in [6.45, 7) is 0. The summed E-state index contributed by atoms with van der Waals surface area (Å²) in [6.07, 6.45) is -1.20. The lowest BCUT2D eigenvalue weighted by Gasteiger charge is -2.15. The summed E-state index contributed by atoms with van der Waals surface area (Å²) in [6, 6.07) is 8.27. The Balaban J connectivity index is 2.55. The van der Waals surface area contributed by atoms with E-state index < -0.39 is 18.3 Å². The standard InChI is InChI=1S/C12H11F2NO2/c1-15-9-5-3-2-4-8(9)6-10(15)12(13,14)7-11(16)17/h2-6H,7H2,1H3,(H,16,17). The lowest BCUT2D eigenvalue weighted by atomic mass is 10.1. The zero-order valence-corrected chi connectivity index (χ0v) is 9.15. The van der Waals surface area contributed by atoms with Gasteiger partial charge in [0, 0.05) is 18.0 Å². The number of aryl methyl sites for hydroxylation is 1. The number of para-hydroxylation sites is 1. The average molecular weight is 239 g/mol. The van der Waals surface area contributed by atoms with Crippen molar-refractivity contribution in [3.05, 3.63) is 36.0 Å². The van der Waals surface area contributed by atoms with E-state index in [0.717, 1.165) is 0 Å². The highest BCUT2D eigenvalue weighted by Gasteiger charge is 2.37. The van der Waals surface area contributed by atoms with Crippen LogP contribution in [0.4, 0.5) is 8.78 Å². The van der Waals surface area contributed by atoms with Crippen LogP contribution in [0.1, 0.15) is 12.1 Å². The minimum Gasteiger partial charge on any atom is -0.481 e. The fourth-order valence-corrected chi connectivity index (χ4v) is 1.92. The monoisotopic (exact) mass is 239 g/mol. The Morgan fingerprint density at radius 3 is 2.65 bits per heavy atom. The van der Waals surface area contributed by atoms with Crippen molar-refractivity contribution in [1.82, 2.24) is 4.57 Å². The molecule has 0 saturated carbocycles. The fourth-order valence-electron chi connectivity index (χ4n) is 1.92. The minimum absolute atomic E-state index is 0.277. The lowest BCUT2D eigenvalue weighted by Crippen LogP contribution is -2.21. The number of aliphatic carboxylic acids is 1. The van der Waals surface area contributed by atoms with E-state index in [4.69, 9.17) is 5.11 Å². The molecule has 1 aromatic heterocycles. The van der Waals surface area contributed by atoms with Gasteiger partial charge in [-0.05, 0) is 12.1 Å². The first-order chi connectivity index (χ1) is 7.92. The predicted octanol–water partition coefficient (Wildman–Crippen LogP) is 2.74. The van der Waals surface area contributed by atoms with Crippen LogP contribution in [-0.2, 0) is 17.8 Å². The van der Waals surface area contributed by atoms with E-state index in [-0.39, 0.29) is 5.69 Å². The molecule has 2 aromatic rings. The van der Waals surface area contributed by atoms with Crippen LogP contribution in [0, 0.1) is 0 Å². The number of hydrogen-bond acceptors (Lipinski definition) is 1. The molecule has 1 heterocycles. The van der Waals surface area contributed by atoms with Gasteiger partial charge in [-0.3, -0.25) is 4.79 Å².